The van der Waals surface area contributed by atoms with Crippen molar-refractivity contribution in [1.82, 2.24) is 4.90 Å². The Hall–Kier alpha value is -1.39. The van der Waals surface area contributed by atoms with Gasteiger partial charge in [-0.3, -0.25) is 4.90 Å². The van der Waals surface area contributed by atoms with Gasteiger partial charge in [-0.1, -0.05) is 23.8 Å². The fraction of sp³-hybridized carbons (Fsp3) is 0.500. The first-order valence-corrected chi connectivity index (χ1v) is 6.24. The first kappa shape index (κ1) is 13.1. The molecule has 1 fully saturated rings. The molecule has 2 aliphatic rings. The molecule has 0 spiro atoms. The van der Waals surface area contributed by atoms with Crippen molar-refractivity contribution in [3.05, 3.63) is 35.5 Å². The quantitative estimate of drug-likeness (QED) is 0.707. The predicted octanol–water partition coefficient (Wildman–Crippen LogP) is 1.30. The van der Waals surface area contributed by atoms with E-state index >= 15 is 0 Å². The molecule has 4 heteroatoms. The summed E-state index contributed by atoms with van der Waals surface area (Å²) in [7, 11) is 1.40. The molecule has 1 aliphatic carbocycles. The minimum atomic E-state index is -0.282. The van der Waals surface area contributed by atoms with Crippen molar-refractivity contribution < 1.29 is 14.3 Å². The normalized spacial score (nSPS) is 20.9. The number of nitrogens with zero attached hydrogens (tertiary/aromatic N) is 1. The Kier molecular flexibility index (Phi) is 4.73. The van der Waals surface area contributed by atoms with E-state index in [1.807, 2.05) is 24.3 Å². The summed E-state index contributed by atoms with van der Waals surface area (Å²) in [5.41, 5.74) is 1.92. The van der Waals surface area contributed by atoms with E-state index in [0.29, 0.717) is 5.57 Å². The number of allylic oxidation sites excluding steroid dienone is 3. The summed E-state index contributed by atoms with van der Waals surface area (Å²) in [5, 5.41) is 0. The van der Waals surface area contributed by atoms with Gasteiger partial charge < -0.3 is 9.47 Å². The third-order valence-electron chi connectivity index (χ3n) is 3.13. The van der Waals surface area contributed by atoms with Crippen LogP contribution in [0.2, 0.25) is 0 Å². The lowest BCUT2D eigenvalue weighted by molar-refractivity contribution is -0.135. The topological polar surface area (TPSA) is 38.8 Å². The number of ether oxygens (including phenoxy) is 2. The van der Waals surface area contributed by atoms with Crippen molar-refractivity contribution in [1.29, 1.82) is 0 Å². The van der Waals surface area contributed by atoms with Crippen LogP contribution in [0.5, 0.6) is 0 Å². The van der Waals surface area contributed by atoms with Crippen LogP contribution in [0.3, 0.4) is 0 Å². The Labute approximate surface area is 108 Å². The van der Waals surface area contributed by atoms with Crippen LogP contribution in [-0.4, -0.2) is 50.8 Å². The van der Waals surface area contributed by atoms with Crippen molar-refractivity contribution in [3.8, 4) is 0 Å². The highest BCUT2D eigenvalue weighted by molar-refractivity contribution is 5.91. The molecule has 0 amide bonds. The minimum absolute atomic E-state index is 0.282. The number of hydrogen-bond acceptors (Lipinski definition) is 4. The van der Waals surface area contributed by atoms with E-state index < -0.39 is 0 Å². The van der Waals surface area contributed by atoms with Crippen LogP contribution in [0.25, 0.3) is 0 Å². The fourth-order valence-electron chi connectivity index (χ4n) is 2.09. The lowest BCUT2D eigenvalue weighted by atomic mass is 10.1. The number of carbonyl (C=O) groups excluding carboxylic acids is 1. The minimum Gasteiger partial charge on any atom is -0.465 e. The molecule has 1 heterocycles. The number of morpholine rings is 1. The molecule has 0 bridgehead atoms. The number of carbonyl (C=O) groups is 1. The molecule has 18 heavy (non-hydrogen) atoms. The zero-order chi connectivity index (χ0) is 12.8. The summed E-state index contributed by atoms with van der Waals surface area (Å²) in [5.74, 6) is -0.282. The maximum Gasteiger partial charge on any atom is 0.337 e. The molecular formula is C14H19NO3. The van der Waals surface area contributed by atoms with Crippen LogP contribution in [0, 0.1) is 0 Å². The van der Waals surface area contributed by atoms with E-state index in [9.17, 15) is 4.79 Å². The van der Waals surface area contributed by atoms with Crippen LogP contribution in [0.4, 0.5) is 0 Å². The standard InChI is InChI=1S/C14H19NO3/c1-17-14(16)13-4-2-3-12(5-6-13)11-15-7-9-18-10-8-15/h2,4-6H,3,7-11H2,1H3. The summed E-state index contributed by atoms with van der Waals surface area (Å²) in [6.45, 7) is 4.53. The van der Waals surface area contributed by atoms with Gasteiger partial charge in [0.25, 0.3) is 0 Å². The SMILES string of the molecule is COC(=O)C1=CC=C(CN2CCOCC2)CC=C1. The summed E-state index contributed by atoms with van der Waals surface area (Å²) in [6.07, 6.45) is 8.60. The molecule has 0 radical (unpaired) electrons. The monoisotopic (exact) mass is 249 g/mol. The van der Waals surface area contributed by atoms with Gasteiger partial charge in [0.2, 0.25) is 0 Å². The zero-order valence-corrected chi connectivity index (χ0v) is 10.7. The Morgan fingerprint density at radius 1 is 1.39 bits per heavy atom. The molecule has 2 rings (SSSR count). The molecule has 1 aliphatic heterocycles. The lowest BCUT2D eigenvalue weighted by Crippen LogP contribution is -2.37. The number of esters is 1. The fourth-order valence-corrected chi connectivity index (χ4v) is 2.09. The van der Waals surface area contributed by atoms with Gasteiger partial charge in [-0.15, -0.1) is 0 Å². The maximum atomic E-state index is 11.4. The molecule has 4 nitrogen and oxygen atoms in total. The highest BCUT2D eigenvalue weighted by atomic mass is 16.5. The van der Waals surface area contributed by atoms with Crippen molar-refractivity contribution in [2.24, 2.45) is 0 Å². The second-order valence-corrected chi connectivity index (χ2v) is 4.43. The van der Waals surface area contributed by atoms with Crippen LogP contribution in [-0.2, 0) is 14.3 Å². The summed E-state index contributed by atoms with van der Waals surface area (Å²) < 4.78 is 10.0. The largest absolute Gasteiger partial charge is 0.465 e. The smallest absolute Gasteiger partial charge is 0.337 e. The maximum absolute atomic E-state index is 11.4. The van der Waals surface area contributed by atoms with Crippen LogP contribution in [0.1, 0.15) is 6.42 Å². The van der Waals surface area contributed by atoms with Crippen LogP contribution >= 0.6 is 0 Å². The van der Waals surface area contributed by atoms with Crippen LogP contribution < -0.4 is 0 Å². The van der Waals surface area contributed by atoms with E-state index in [2.05, 4.69) is 4.90 Å². The number of methoxy groups -OCH3 is 1. The Bertz CT molecular complexity index is 390. The Balaban J connectivity index is 1.97. The van der Waals surface area contributed by atoms with Crippen molar-refractivity contribution in [2.75, 3.05) is 40.0 Å². The van der Waals surface area contributed by atoms with E-state index in [1.165, 1.54) is 12.7 Å². The average molecular weight is 249 g/mol. The lowest BCUT2D eigenvalue weighted by Gasteiger charge is -2.27. The van der Waals surface area contributed by atoms with Gasteiger partial charge in [0.15, 0.2) is 0 Å². The zero-order valence-electron chi connectivity index (χ0n) is 10.7. The molecule has 0 N–H and O–H groups in total. The molecule has 0 aromatic rings. The second kappa shape index (κ2) is 6.52. The van der Waals surface area contributed by atoms with Gasteiger partial charge in [0, 0.05) is 19.6 Å². The van der Waals surface area contributed by atoms with E-state index in [4.69, 9.17) is 9.47 Å². The Morgan fingerprint density at radius 2 is 2.17 bits per heavy atom. The van der Waals surface area contributed by atoms with Crippen molar-refractivity contribution in [2.45, 2.75) is 6.42 Å². The molecule has 1 saturated heterocycles. The molecule has 98 valence electrons. The molecule has 0 unspecified atom stereocenters. The van der Waals surface area contributed by atoms with Gasteiger partial charge in [0.1, 0.15) is 0 Å². The molecule has 0 aromatic heterocycles. The van der Waals surface area contributed by atoms with Gasteiger partial charge in [-0.25, -0.2) is 4.79 Å². The Morgan fingerprint density at radius 3 is 2.89 bits per heavy atom. The van der Waals surface area contributed by atoms with E-state index in [1.54, 1.807) is 0 Å². The number of hydrogen-bond donors (Lipinski definition) is 0. The van der Waals surface area contributed by atoms with Crippen LogP contribution in [0.15, 0.2) is 35.5 Å². The second-order valence-electron chi connectivity index (χ2n) is 4.43. The van der Waals surface area contributed by atoms with Gasteiger partial charge in [-0.2, -0.15) is 0 Å². The van der Waals surface area contributed by atoms with E-state index in [0.717, 1.165) is 39.3 Å². The molecule has 0 saturated carbocycles. The molecular weight excluding hydrogens is 230 g/mol. The van der Waals surface area contributed by atoms with E-state index in [-0.39, 0.29) is 5.97 Å². The summed E-state index contributed by atoms with van der Waals surface area (Å²) in [6, 6.07) is 0. The van der Waals surface area contributed by atoms with Gasteiger partial charge in [0.05, 0.1) is 25.9 Å². The average Bonchev–Trinajstić information content (AvgIpc) is 2.65. The first-order valence-electron chi connectivity index (χ1n) is 6.24. The summed E-state index contributed by atoms with van der Waals surface area (Å²) in [4.78, 5) is 13.8. The third-order valence-corrected chi connectivity index (χ3v) is 3.13. The van der Waals surface area contributed by atoms with Gasteiger partial charge in [-0.05, 0) is 12.5 Å². The summed E-state index contributed by atoms with van der Waals surface area (Å²) >= 11 is 0. The number of rotatable bonds is 3. The third kappa shape index (κ3) is 3.55. The molecule has 0 aromatic carbocycles. The highest BCUT2D eigenvalue weighted by Gasteiger charge is 2.13. The molecule has 0 atom stereocenters. The first-order chi connectivity index (χ1) is 8.79. The van der Waals surface area contributed by atoms with Gasteiger partial charge >= 0.3 is 5.97 Å². The van der Waals surface area contributed by atoms with Crippen molar-refractivity contribution in [3.63, 3.8) is 0 Å². The predicted molar refractivity (Wildman–Crippen MR) is 69.2 cm³/mol. The van der Waals surface area contributed by atoms with Crippen molar-refractivity contribution >= 4 is 5.97 Å². The highest BCUT2D eigenvalue weighted by Crippen LogP contribution is 2.14.